The number of carbonyl (C=O) groups excluding carboxylic acids is 1. The smallest absolute Gasteiger partial charge is 0.338 e. The number of nitrogens with one attached hydrogen (secondary N) is 1. The highest BCUT2D eigenvalue weighted by atomic mass is 19.4. The number of urea groups is 1. The van der Waals surface area contributed by atoms with Crippen LogP contribution in [0.25, 0.3) is 0 Å². The van der Waals surface area contributed by atoms with Crippen molar-refractivity contribution in [3.63, 3.8) is 0 Å². The van der Waals surface area contributed by atoms with Crippen molar-refractivity contribution >= 4 is 12.0 Å². The summed E-state index contributed by atoms with van der Waals surface area (Å²) >= 11 is 0. The van der Waals surface area contributed by atoms with Crippen LogP contribution in [0.4, 0.5) is 23.9 Å². The summed E-state index contributed by atoms with van der Waals surface area (Å²) in [6.07, 6.45) is 4.02. The summed E-state index contributed by atoms with van der Waals surface area (Å²) in [5.74, 6) is 0.857. The molecule has 0 unspecified atom stereocenters. The lowest BCUT2D eigenvalue weighted by atomic mass is 9.93. The van der Waals surface area contributed by atoms with E-state index >= 15 is 0 Å². The Morgan fingerprint density at radius 3 is 2.40 bits per heavy atom. The number of piperidine rings is 1. The highest BCUT2D eigenvalue weighted by Gasteiger charge is 2.33. The molecule has 2 aromatic rings. The van der Waals surface area contributed by atoms with Gasteiger partial charge in [0.05, 0.1) is 5.56 Å². The van der Waals surface area contributed by atoms with E-state index in [2.05, 4.69) is 37.3 Å². The predicted molar refractivity (Wildman–Crippen MR) is 126 cm³/mol. The molecule has 2 aromatic heterocycles. The molecule has 0 spiro atoms. The lowest BCUT2D eigenvalue weighted by molar-refractivity contribution is -0.138. The molecule has 1 atom stereocenters. The maximum absolute atomic E-state index is 12.7. The second-order valence-electron chi connectivity index (χ2n) is 9.35. The lowest BCUT2D eigenvalue weighted by Gasteiger charge is -2.39. The molecule has 35 heavy (non-hydrogen) atoms. The summed E-state index contributed by atoms with van der Waals surface area (Å²) in [5.41, 5.74) is 0.413. The maximum Gasteiger partial charge on any atom is 0.419 e. The van der Waals surface area contributed by atoms with Gasteiger partial charge >= 0.3 is 12.2 Å². The second-order valence-corrected chi connectivity index (χ2v) is 9.35. The van der Waals surface area contributed by atoms with Crippen LogP contribution in [0.3, 0.4) is 0 Å². The Morgan fingerprint density at radius 1 is 1.09 bits per heavy atom. The summed E-state index contributed by atoms with van der Waals surface area (Å²) in [4.78, 5) is 30.6. The number of alkyl halides is 3. The zero-order valence-electron chi connectivity index (χ0n) is 19.9. The number of nitrogens with zero attached hydrogens (tertiary/aromatic N) is 6. The number of hydrogen-bond acceptors (Lipinski definition) is 6. The second kappa shape index (κ2) is 11.2. The minimum atomic E-state index is -4.46. The molecule has 2 saturated heterocycles. The van der Waals surface area contributed by atoms with Gasteiger partial charge in [-0.15, -0.1) is 0 Å². The fraction of sp³-hybridized carbons (Fsp3) is 0.583. The predicted octanol–water partition coefficient (Wildman–Crippen LogP) is 3.41. The molecule has 0 aromatic carbocycles. The zero-order valence-corrected chi connectivity index (χ0v) is 19.9. The van der Waals surface area contributed by atoms with Gasteiger partial charge in [-0.2, -0.15) is 13.2 Å². The molecule has 2 fully saturated rings. The van der Waals surface area contributed by atoms with Crippen molar-refractivity contribution in [2.75, 3.05) is 44.2 Å². The number of pyridine rings is 1. The van der Waals surface area contributed by atoms with Gasteiger partial charge in [-0.1, -0.05) is 0 Å². The maximum atomic E-state index is 12.7. The first-order valence-corrected chi connectivity index (χ1v) is 12.1. The van der Waals surface area contributed by atoms with Crippen molar-refractivity contribution < 1.29 is 18.0 Å². The minimum Gasteiger partial charge on any atom is -0.338 e. The van der Waals surface area contributed by atoms with E-state index in [0.717, 1.165) is 51.3 Å². The van der Waals surface area contributed by atoms with E-state index < -0.39 is 11.7 Å². The minimum absolute atomic E-state index is 0.0967. The average Bonchev–Trinajstić information content (AvgIpc) is 2.85. The summed E-state index contributed by atoms with van der Waals surface area (Å²) in [6, 6.07) is 3.91. The quantitative estimate of drug-likeness (QED) is 0.668. The monoisotopic (exact) mass is 491 g/mol. The van der Waals surface area contributed by atoms with Crippen LogP contribution < -0.4 is 10.2 Å². The molecule has 0 saturated carbocycles. The van der Waals surface area contributed by atoms with Crippen LogP contribution in [0, 0.1) is 5.92 Å². The van der Waals surface area contributed by atoms with E-state index in [9.17, 15) is 18.0 Å². The van der Waals surface area contributed by atoms with Crippen LogP contribution in [0.5, 0.6) is 0 Å². The lowest BCUT2D eigenvalue weighted by Crippen LogP contribution is -2.57. The Labute approximate surface area is 203 Å². The van der Waals surface area contributed by atoms with Crippen LogP contribution in [0.15, 0.2) is 36.9 Å². The fourth-order valence-corrected chi connectivity index (χ4v) is 4.74. The number of hydrogen-bond donors (Lipinski definition) is 1. The van der Waals surface area contributed by atoms with E-state index in [1.807, 2.05) is 24.2 Å². The Morgan fingerprint density at radius 2 is 1.77 bits per heavy atom. The normalized spacial score (nSPS) is 20.2. The van der Waals surface area contributed by atoms with Gasteiger partial charge in [0.1, 0.15) is 0 Å². The van der Waals surface area contributed by atoms with Gasteiger partial charge in [-0.05, 0) is 62.9 Å². The third-order valence-electron chi connectivity index (χ3n) is 6.83. The highest BCUT2D eigenvalue weighted by Crippen LogP contribution is 2.28. The number of rotatable bonds is 6. The summed E-state index contributed by atoms with van der Waals surface area (Å²) in [6.45, 7) is 7.04. The zero-order chi connectivity index (χ0) is 24.8. The first kappa shape index (κ1) is 25.2. The Bertz CT molecular complexity index is 950. The van der Waals surface area contributed by atoms with Gasteiger partial charge in [-0.3, -0.25) is 9.88 Å². The van der Waals surface area contributed by atoms with Gasteiger partial charge in [0.2, 0.25) is 5.95 Å². The van der Waals surface area contributed by atoms with Crippen molar-refractivity contribution in [3.8, 4) is 0 Å². The first-order chi connectivity index (χ1) is 16.8. The van der Waals surface area contributed by atoms with Gasteiger partial charge in [-0.25, -0.2) is 14.8 Å². The van der Waals surface area contributed by atoms with E-state index in [4.69, 9.17) is 0 Å². The molecule has 8 nitrogen and oxygen atoms in total. The van der Waals surface area contributed by atoms with Gasteiger partial charge in [0.15, 0.2) is 0 Å². The number of aromatic nitrogens is 3. The number of anilines is 1. The van der Waals surface area contributed by atoms with Crippen LogP contribution in [-0.2, 0) is 12.7 Å². The number of likely N-dealkylation sites (tertiary alicyclic amines) is 1. The molecular weight excluding hydrogens is 459 g/mol. The molecule has 2 aliphatic heterocycles. The summed E-state index contributed by atoms with van der Waals surface area (Å²) in [7, 11) is 0. The Hall–Kier alpha value is -2.95. The number of piperazine rings is 1. The SMILES string of the molecule is C[C@@H]1CN(c2ncc(C(F)(F)F)cn2)CCN1C(=O)NCCC1CCN(Cc2ccncc2)CC1. The van der Waals surface area contributed by atoms with Crippen LogP contribution >= 0.6 is 0 Å². The topological polar surface area (TPSA) is 77.5 Å². The van der Waals surface area contributed by atoms with E-state index in [1.54, 1.807) is 4.90 Å². The molecule has 0 radical (unpaired) electrons. The Balaban J connectivity index is 1.16. The molecule has 190 valence electrons. The number of carbonyl (C=O) groups is 1. The summed E-state index contributed by atoms with van der Waals surface area (Å²) < 4.78 is 38.2. The molecular formula is C24H32F3N7O. The molecule has 2 aliphatic rings. The van der Waals surface area contributed by atoms with Gasteiger partial charge < -0.3 is 15.1 Å². The van der Waals surface area contributed by atoms with Crippen molar-refractivity contribution in [3.05, 3.63) is 48.0 Å². The standard InChI is InChI=1S/C24H32F3N7O/c1-18-16-33(22-30-14-21(15-31-22)24(25,26)27)12-13-34(18)23(35)29-9-4-19-5-10-32(11-6-19)17-20-2-7-28-8-3-20/h2-3,7-8,14-15,18-19H,4-6,9-13,16-17H2,1H3,(H,29,35)/t18-/m1/s1. The molecule has 4 rings (SSSR count). The van der Waals surface area contributed by atoms with E-state index in [0.29, 0.717) is 32.1 Å². The van der Waals surface area contributed by atoms with Crippen molar-refractivity contribution in [1.29, 1.82) is 0 Å². The molecule has 4 heterocycles. The Kier molecular flexibility index (Phi) is 8.04. The molecule has 0 bridgehead atoms. The third-order valence-corrected chi connectivity index (χ3v) is 6.83. The third kappa shape index (κ3) is 6.81. The average molecular weight is 492 g/mol. The van der Waals surface area contributed by atoms with Crippen LogP contribution in [0.2, 0.25) is 0 Å². The van der Waals surface area contributed by atoms with Gasteiger partial charge in [0.25, 0.3) is 0 Å². The largest absolute Gasteiger partial charge is 0.419 e. The summed E-state index contributed by atoms with van der Waals surface area (Å²) in [5, 5.41) is 3.05. The van der Waals surface area contributed by atoms with Crippen LogP contribution in [0.1, 0.15) is 37.3 Å². The van der Waals surface area contributed by atoms with Crippen LogP contribution in [-0.4, -0.2) is 76.1 Å². The number of amides is 2. The molecule has 2 amide bonds. The van der Waals surface area contributed by atoms with Gasteiger partial charge in [0, 0.05) is 63.6 Å². The fourth-order valence-electron chi connectivity index (χ4n) is 4.74. The van der Waals surface area contributed by atoms with E-state index in [1.165, 1.54) is 5.56 Å². The number of halogens is 3. The highest BCUT2D eigenvalue weighted by molar-refractivity contribution is 5.74. The van der Waals surface area contributed by atoms with Crippen molar-refractivity contribution in [2.45, 2.75) is 44.9 Å². The molecule has 1 N–H and O–H groups in total. The van der Waals surface area contributed by atoms with E-state index in [-0.39, 0.29) is 18.0 Å². The molecule has 11 heteroatoms. The first-order valence-electron chi connectivity index (χ1n) is 12.1. The van der Waals surface area contributed by atoms with Crippen molar-refractivity contribution in [2.24, 2.45) is 5.92 Å². The van der Waals surface area contributed by atoms with Crippen molar-refractivity contribution in [1.82, 2.24) is 30.1 Å². The molecule has 0 aliphatic carbocycles.